The number of aromatic nitrogens is 2. The molecule has 4 rings (SSSR count). The molecular formula is C24H18Cl2N4O3. The second-order valence-corrected chi connectivity index (χ2v) is 8.12. The summed E-state index contributed by atoms with van der Waals surface area (Å²) in [5, 5.41) is 13.0. The number of phenolic OH excluding ortho intramolecular Hbond substituents is 1. The standard InChI is InChI=1S/C24H18Cl2N4O3/c1-13-7-3-5-9-18(13)29-23(32)20(27-14-11-16(25)21(31)17(26)12-14)22-28-19-10-6-4-8-15(19)24(33)30(22)2/h3-12,31H,1-2H3,(H,29,32). The first-order chi connectivity index (χ1) is 15.8. The number of nitrogens with zero attached hydrogens (tertiary/aromatic N) is 3. The van der Waals surface area contributed by atoms with E-state index in [4.69, 9.17) is 23.2 Å². The molecule has 7 nitrogen and oxygen atoms in total. The molecule has 0 atom stereocenters. The molecule has 0 spiro atoms. The van der Waals surface area contributed by atoms with Crippen molar-refractivity contribution in [2.45, 2.75) is 6.92 Å². The molecule has 9 heteroatoms. The van der Waals surface area contributed by atoms with E-state index in [1.54, 1.807) is 36.4 Å². The monoisotopic (exact) mass is 480 g/mol. The van der Waals surface area contributed by atoms with Crippen LogP contribution in [0.1, 0.15) is 11.4 Å². The van der Waals surface area contributed by atoms with Crippen LogP contribution in [0.15, 0.2) is 70.5 Å². The molecule has 166 valence electrons. The fourth-order valence-electron chi connectivity index (χ4n) is 3.27. The molecule has 0 fully saturated rings. The molecule has 0 aliphatic carbocycles. The highest BCUT2D eigenvalue weighted by Crippen LogP contribution is 2.36. The largest absolute Gasteiger partial charge is 0.505 e. The minimum Gasteiger partial charge on any atom is -0.505 e. The van der Waals surface area contributed by atoms with Gasteiger partial charge in [-0.15, -0.1) is 0 Å². The van der Waals surface area contributed by atoms with E-state index in [0.29, 0.717) is 16.6 Å². The molecule has 4 aromatic rings. The SMILES string of the molecule is Cc1ccccc1NC(=O)C(=Nc1cc(Cl)c(O)c(Cl)c1)c1nc2ccccc2c(=O)n1C. The molecule has 33 heavy (non-hydrogen) atoms. The van der Waals surface area contributed by atoms with E-state index in [1.807, 2.05) is 19.1 Å². The maximum absolute atomic E-state index is 13.4. The Bertz CT molecular complexity index is 1470. The fourth-order valence-corrected chi connectivity index (χ4v) is 3.75. The van der Waals surface area contributed by atoms with Gasteiger partial charge >= 0.3 is 0 Å². The van der Waals surface area contributed by atoms with E-state index in [9.17, 15) is 14.7 Å². The van der Waals surface area contributed by atoms with Crippen LogP contribution < -0.4 is 10.9 Å². The Morgan fingerprint density at radius 3 is 2.39 bits per heavy atom. The van der Waals surface area contributed by atoms with Crippen molar-refractivity contribution in [3.8, 4) is 5.75 Å². The first-order valence-corrected chi connectivity index (χ1v) is 10.6. The molecule has 0 radical (unpaired) electrons. The maximum Gasteiger partial charge on any atom is 0.278 e. The van der Waals surface area contributed by atoms with Gasteiger partial charge in [-0.3, -0.25) is 14.2 Å². The van der Waals surface area contributed by atoms with Crippen molar-refractivity contribution < 1.29 is 9.90 Å². The Hall–Kier alpha value is -3.68. The zero-order chi connectivity index (χ0) is 23.7. The van der Waals surface area contributed by atoms with Crippen LogP contribution >= 0.6 is 23.2 Å². The zero-order valence-corrected chi connectivity index (χ0v) is 19.1. The van der Waals surface area contributed by atoms with Gasteiger partial charge in [-0.1, -0.05) is 53.5 Å². The summed E-state index contributed by atoms with van der Waals surface area (Å²) in [4.78, 5) is 35.3. The highest BCUT2D eigenvalue weighted by atomic mass is 35.5. The lowest BCUT2D eigenvalue weighted by atomic mass is 10.2. The second-order valence-electron chi connectivity index (χ2n) is 7.30. The summed E-state index contributed by atoms with van der Waals surface area (Å²) in [6, 6.07) is 16.8. The maximum atomic E-state index is 13.4. The number of nitrogens with one attached hydrogen (secondary N) is 1. The quantitative estimate of drug-likeness (QED) is 0.401. The predicted octanol–water partition coefficient (Wildman–Crippen LogP) is 5.01. The van der Waals surface area contributed by atoms with Gasteiger partial charge < -0.3 is 10.4 Å². The number of anilines is 1. The van der Waals surface area contributed by atoms with Gasteiger partial charge in [0.25, 0.3) is 11.5 Å². The lowest BCUT2D eigenvalue weighted by Crippen LogP contribution is -2.32. The van der Waals surface area contributed by atoms with Crippen LogP contribution in [0, 0.1) is 6.92 Å². The lowest BCUT2D eigenvalue weighted by molar-refractivity contribution is -0.110. The molecule has 0 saturated carbocycles. The normalized spacial score (nSPS) is 11.6. The Morgan fingerprint density at radius 2 is 1.70 bits per heavy atom. The van der Waals surface area contributed by atoms with Gasteiger partial charge in [0.1, 0.15) is 0 Å². The molecule has 0 aliphatic rings. The van der Waals surface area contributed by atoms with Gasteiger partial charge in [-0.05, 0) is 42.8 Å². The summed E-state index contributed by atoms with van der Waals surface area (Å²) in [5.74, 6) is -0.813. The molecular weight excluding hydrogens is 463 g/mol. The van der Waals surface area contributed by atoms with Gasteiger partial charge in [0.05, 0.1) is 26.6 Å². The Morgan fingerprint density at radius 1 is 1.06 bits per heavy atom. The van der Waals surface area contributed by atoms with Gasteiger partial charge in [0, 0.05) is 12.7 Å². The number of rotatable bonds is 4. The van der Waals surface area contributed by atoms with Crippen LogP contribution in [0.5, 0.6) is 5.75 Å². The number of aryl methyl sites for hydroxylation is 1. The molecule has 3 aromatic carbocycles. The topological polar surface area (TPSA) is 96.6 Å². The third-order valence-corrected chi connectivity index (χ3v) is 5.62. The van der Waals surface area contributed by atoms with Crippen LogP contribution in [-0.2, 0) is 11.8 Å². The molecule has 0 saturated heterocycles. The molecule has 0 aliphatic heterocycles. The van der Waals surface area contributed by atoms with E-state index in [0.717, 1.165) is 5.56 Å². The summed E-state index contributed by atoms with van der Waals surface area (Å²) in [6.45, 7) is 1.86. The fraction of sp³-hybridized carbons (Fsp3) is 0.0833. The molecule has 1 aromatic heterocycles. The minimum atomic E-state index is -0.581. The van der Waals surface area contributed by atoms with Crippen molar-refractivity contribution in [3.63, 3.8) is 0 Å². The van der Waals surface area contributed by atoms with Crippen LogP contribution in [0.2, 0.25) is 10.0 Å². The van der Waals surface area contributed by atoms with Crippen molar-refractivity contribution >= 4 is 57.1 Å². The number of fused-ring (bicyclic) bond motifs is 1. The van der Waals surface area contributed by atoms with E-state index < -0.39 is 5.91 Å². The molecule has 0 bridgehead atoms. The third kappa shape index (κ3) is 4.46. The van der Waals surface area contributed by atoms with E-state index in [2.05, 4.69) is 15.3 Å². The number of aliphatic imine (C=N–C) groups is 1. The van der Waals surface area contributed by atoms with Crippen molar-refractivity contribution in [3.05, 3.63) is 92.5 Å². The highest BCUT2D eigenvalue weighted by molar-refractivity contribution is 6.48. The number of hydrogen-bond donors (Lipinski definition) is 2. The van der Waals surface area contributed by atoms with Crippen LogP contribution in [0.4, 0.5) is 11.4 Å². The highest BCUT2D eigenvalue weighted by Gasteiger charge is 2.22. The van der Waals surface area contributed by atoms with E-state index >= 15 is 0 Å². The first-order valence-electron chi connectivity index (χ1n) is 9.86. The van der Waals surface area contributed by atoms with Crippen LogP contribution in [-0.4, -0.2) is 26.3 Å². The summed E-state index contributed by atoms with van der Waals surface area (Å²) in [7, 11) is 1.52. The number of halogens is 2. The number of carbonyl (C=O) groups excluding carboxylic acids is 1. The minimum absolute atomic E-state index is 0.0275. The van der Waals surface area contributed by atoms with Gasteiger partial charge in [-0.25, -0.2) is 9.98 Å². The number of benzene rings is 3. The third-order valence-electron chi connectivity index (χ3n) is 5.05. The van der Waals surface area contributed by atoms with Crippen LogP contribution in [0.3, 0.4) is 0 Å². The Kier molecular flexibility index (Phi) is 6.18. The number of amides is 1. The smallest absolute Gasteiger partial charge is 0.278 e. The first kappa shape index (κ1) is 22.5. The molecule has 1 amide bonds. The van der Waals surface area contributed by atoms with E-state index in [-0.39, 0.29) is 38.6 Å². The summed E-state index contributed by atoms with van der Waals surface area (Å²) < 4.78 is 1.27. The predicted molar refractivity (Wildman–Crippen MR) is 131 cm³/mol. The average molecular weight is 481 g/mol. The van der Waals surface area contributed by atoms with Gasteiger partial charge in [-0.2, -0.15) is 0 Å². The van der Waals surface area contributed by atoms with Gasteiger partial charge in [0.2, 0.25) is 0 Å². The summed E-state index contributed by atoms with van der Waals surface area (Å²) in [6.07, 6.45) is 0. The summed E-state index contributed by atoms with van der Waals surface area (Å²) >= 11 is 12.1. The molecule has 2 N–H and O–H groups in total. The Balaban J connectivity index is 1.93. The number of aromatic hydroxyl groups is 1. The van der Waals surface area contributed by atoms with Crippen LogP contribution in [0.25, 0.3) is 10.9 Å². The van der Waals surface area contributed by atoms with Crippen molar-refractivity contribution in [1.29, 1.82) is 0 Å². The van der Waals surface area contributed by atoms with E-state index in [1.165, 1.54) is 23.7 Å². The van der Waals surface area contributed by atoms with Gasteiger partial charge in [0.15, 0.2) is 17.3 Å². The number of hydrogen-bond acceptors (Lipinski definition) is 5. The second kappa shape index (κ2) is 9.05. The van der Waals surface area contributed by atoms with Crippen molar-refractivity contribution in [2.24, 2.45) is 12.0 Å². The molecule has 0 unspecified atom stereocenters. The number of para-hydroxylation sites is 2. The van der Waals surface area contributed by atoms with Crippen molar-refractivity contribution in [1.82, 2.24) is 9.55 Å². The summed E-state index contributed by atoms with van der Waals surface area (Å²) in [5.41, 5.74) is 1.62. The van der Waals surface area contributed by atoms with Crippen molar-refractivity contribution in [2.75, 3.05) is 5.32 Å². The average Bonchev–Trinajstić information content (AvgIpc) is 2.80. The number of phenols is 1. The molecule has 1 heterocycles. The number of carbonyl (C=O) groups is 1. The Labute approximate surface area is 199 Å². The zero-order valence-electron chi connectivity index (χ0n) is 17.6. The lowest BCUT2D eigenvalue weighted by Gasteiger charge is -2.13.